The first kappa shape index (κ1) is 14.3. The molecule has 114 valence electrons. The molecule has 0 unspecified atom stereocenters. The lowest BCUT2D eigenvalue weighted by molar-refractivity contribution is 0.0950. The normalized spacial score (nSPS) is 13.3. The fourth-order valence-corrected chi connectivity index (χ4v) is 2.14. The van der Waals surface area contributed by atoms with Crippen LogP contribution in [0.1, 0.15) is 22.3 Å². The summed E-state index contributed by atoms with van der Waals surface area (Å²) >= 11 is 0. The Morgan fingerprint density at radius 3 is 2.82 bits per heavy atom. The summed E-state index contributed by atoms with van der Waals surface area (Å²) in [6.07, 6.45) is 3.22. The number of ether oxygens (including phenoxy) is 2. The van der Waals surface area contributed by atoms with Gasteiger partial charge >= 0.3 is 0 Å². The van der Waals surface area contributed by atoms with Crippen molar-refractivity contribution in [3.05, 3.63) is 53.6 Å². The maximum Gasteiger partial charge on any atom is 0.253 e. The zero-order valence-corrected chi connectivity index (χ0v) is 11.8. The summed E-state index contributed by atoms with van der Waals surface area (Å²) < 4.78 is 24.2. The van der Waals surface area contributed by atoms with E-state index < -0.39 is 5.82 Å². The lowest BCUT2D eigenvalue weighted by Gasteiger charge is -2.10. The highest BCUT2D eigenvalue weighted by Crippen LogP contribution is 2.30. The third kappa shape index (κ3) is 3.33. The highest BCUT2D eigenvalue weighted by Gasteiger charge is 2.12. The van der Waals surface area contributed by atoms with E-state index in [0.717, 1.165) is 24.2 Å². The van der Waals surface area contributed by atoms with Crippen molar-refractivity contribution in [3.8, 4) is 11.5 Å². The number of hydrogen-bond acceptors (Lipinski definition) is 4. The van der Waals surface area contributed by atoms with Crippen LogP contribution in [-0.4, -0.2) is 24.1 Å². The molecule has 0 aliphatic carbocycles. The third-order valence-corrected chi connectivity index (χ3v) is 3.23. The van der Waals surface area contributed by atoms with Gasteiger partial charge in [-0.3, -0.25) is 9.78 Å². The molecule has 1 amide bonds. The molecule has 1 N–H and O–H groups in total. The van der Waals surface area contributed by atoms with Crippen LogP contribution in [0.3, 0.4) is 0 Å². The number of halogens is 1. The van der Waals surface area contributed by atoms with Gasteiger partial charge in [-0.25, -0.2) is 4.39 Å². The van der Waals surface area contributed by atoms with Crippen molar-refractivity contribution in [2.24, 2.45) is 0 Å². The molecule has 0 spiro atoms. The molecule has 2 heterocycles. The van der Waals surface area contributed by atoms with Crippen LogP contribution in [-0.2, 0) is 6.54 Å². The third-order valence-electron chi connectivity index (χ3n) is 3.23. The molecule has 0 saturated heterocycles. The first-order chi connectivity index (χ1) is 10.7. The molecular weight excluding hydrogens is 287 g/mol. The second-order valence-corrected chi connectivity index (χ2v) is 4.91. The van der Waals surface area contributed by atoms with Crippen molar-refractivity contribution in [1.82, 2.24) is 10.3 Å². The van der Waals surface area contributed by atoms with Gasteiger partial charge in [0.1, 0.15) is 5.82 Å². The van der Waals surface area contributed by atoms with Crippen LogP contribution in [0.15, 0.2) is 36.7 Å². The molecule has 1 aromatic heterocycles. The van der Waals surface area contributed by atoms with Crippen LogP contribution in [0.2, 0.25) is 0 Å². The lowest BCUT2D eigenvalue weighted by Crippen LogP contribution is -2.23. The fourth-order valence-electron chi connectivity index (χ4n) is 2.14. The number of fused-ring (bicyclic) bond motifs is 1. The minimum absolute atomic E-state index is 0.189. The van der Waals surface area contributed by atoms with E-state index in [1.54, 1.807) is 0 Å². The minimum atomic E-state index is -0.539. The van der Waals surface area contributed by atoms with Gasteiger partial charge in [-0.05, 0) is 23.8 Å². The van der Waals surface area contributed by atoms with Crippen LogP contribution in [0, 0.1) is 5.82 Å². The number of rotatable bonds is 3. The fraction of sp³-hybridized carbons (Fsp3) is 0.250. The number of hydrogen-bond donors (Lipinski definition) is 1. The molecule has 1 aromatic carbocycles. The number of aromatic nitrogens is 1. The molecule has 0 saturated carbocycles. The summed E-state index contributed by atoms with van der Waals surface area (Å²) in [5.74, 6) is 0.473. The number of nitrogens with one attached hydrogen (secondary N) is 1. The largest absolute Gasteiger partial charge is 0.490 e. The number of nitrogens with zero attached hydrogens (tertiary/aromatic N) is 1. The number of benzene rings is 1. The SMILES string of the molecule is O=C(NCc1ccc2c(c1)OCCCO2)c1cncc(F)c1. The number of carbonyl (C=O) groups excluding carboxylic acids is 1. The predicted octanol–water partition coefficient (Wildman–Crippen LogP) is 2.31. The first-order valence-corrected chi connectivity index (χ1v) is 6.99. The van der Waals surface area contributed by atoms with Gasteiger partial charge in [0.15, 0.2) is 11.5 Å². The van der Waals surface area contributed by atoms with Gasteiger partial charge < -0.3 is 14.8 Å². The van der Waals surface area contributed by atoms with Gasteiger partial charge in [0, 0.05) is 19.2 Å². The molecule has 22 heavy (non-hydrogen) atoms. The summed E-state index contributed by atoms with van der Waals surface area (Å²) in [5, 5.41) is 2.72. The number of pyridine rings is 1. The van der Waals surface area contributed by atoms with E-state index in [1.165, 1.54) is 6.20 Å². The van der Waals surface area contributed by atoms with E-state index in [-0.39, 0.29) is 11.5 Å². The zero-order chi connectivity index (χ0) is 15.4. The van der Waals surface area contributed by atoms with Crippen LogP contribution in [0.5, 0.6) is 11.5 Å². The molecule has 0 bridgehead atoms. The van der Waals surface area contributed by atoms with Gasteiger partial charge in [0.05, 0.1) is 25.0 Å². The van der Waals surface area contributed by atoms with Crippen LogP contribution >= 0.6 is 0 Å². The number of amides is 1. The minimum Gasteiger partial charge on any atom is -0.490 e. The summed E-state index contributed by atoms with van der Waals surface area (Å²) in [5.41, 5.74) is 1.07. The van der Waals surface area contributed by atoms with E-state index in [2.05, 4.69) is 10.3 Å². The molecule has 6 heteroatoms. The molecule has 0 atom stereocenters. The van der Waals surface area contributed by atoms with Crippen LogP contribution in [0.25, 0.3) is 0 Å². The highest BCUT2D eigenvalue weighted by molar-refractivity contribution is 5.93. The van der Waals surface area contributed by atoms with E-state index in [0.29, 0.717) is 31.3 Å². The smallest absolute Gasteiger partial charge is 0.253 e. The molecule has 1 aliphatic heterocycles. The van der Waals surface area contributed by atoms with Crippen LogP contribution in [0.4, 0.5) is 4.39 Å². The van der Waals surface area contributed by atoms with Crippen molar-refractivity contribution in [3.63, 3.8) is 0 Å². The van der Waals surface area contributed by atoms with E-state index in [9.17, 15) is 9.18 Å². The van der Waals surface area contributed by atoms with Gasteiger partial charge in [0.2, 0.25) is 0 Å². The second-order valence-electron chi connectivity index (χ2n) is 4.91. The summed E-state index contributed by atoms with van der Waals surface area (Å²) in [4.78, 5) is 15.6. The molecule has 2 aromatic rings. The monoisotopic (exact) mass is 302 g/mol. The van der Waals surface area contributed by atoms with Crippen molar-refractivity contribution in [1.29, 1.82) is 0 Å². The average Bonchev–Trinajstić information content (AvgIpc) is 2.77. The Balaban J connectivity index is 1.66. The lowest BCUT2D eigenvalue weighted by atomic mass is 10.2. The molecule has 0 fully saturated rings. The van der Waals surface area contributed by atoms with Crippen molar-refractivity contribution < 1.29 is 18.7 Å². The Morgan fingerprint density at radius 2 is 2.00 bits per heavy atom. The highest BCUT2D eigenvalue weighted by atomic mass is 19.1. The quantitative estimate of drug-likeness (QED) is 0.945. The van der Waals surface area contributed by atoms with Gasteiger partial charge in [0.25, 0.3) is 5.91 Å². The maximum absolute atomic E-state index is 13.0. The molecule has 5 nitrogen and oxygen atoms in total. The molecule has 3 rings (SSSR count). The van der Waals surface area contributed by atoms with Gasteiger partial charge in [-0.1, -0.05) is 6.07 Å². The number of carbonyl (C=O) groups is 1. The summed E-state index contributed by atoms with van der Waals surface area (Å²) in [7, 11) is 0. The van der Waals surface area contributed by atoms with E-state index in [1.807, 2.05) is 18.2 Å². The molecule has 0 radical (unpaired) electrons. The van der Waals surface area contributed by atoms with Crippen molar-refractivity contribution in [2.45, 2.75) is 13.0 Å². The molecular formula is C16H15FN2O3. The van der Waals surface area contributed by atoms with E-state index in [4.69, 9.17) is 9.47 Å². The second kappa shape index (κ2) is 6.43. The van der Waals surface area contributed by atoms with Gasteiger partial charge in [-0.15, -0.1) is 0 Å². The maximum atomic E-state index is 13.0. The Morgan fingerprint density at radius 1 is 1.18 bits per heavy atom. The average molecular weight is 302 g/mol. The first-order valence-electron chi connectivity index (χ1n) is 6.99. The van der Waals surface area contributed by atoms with Crippen molar-refractivity contribution in [2.75, 3.05) is 13.2 Å². The summed E-state index contributed by atoms with van der Waals surface area (Å²) in [6.45, 7) is 1.55. The Bertz CT molecular complexity index is 691. The zero-order valence-electron chi connectivity index (χ0n) is 11.8. The van der Waals surface area contributed by atoms with Crippen LogP contribution < -0.4 is 14.8 Å². The van der Waals surface area contributed by atoms with Gasteiger partial charge in [-0.2, -0.15) is 0 Å². The van der Waals surface area contributed by atoms with E-state index >= 15 is 0 Å². The Hall–Kier alpha value is -2.63. The standard InChI is InChI=1S/C16H15FN2O3/c17-13-7-12(9-18-10-13)16(20)19-8-11-2-3-14-15(6-11)22-5-1-4-21-14/h2-3,6-7,9-10H,1,4-5,8H2,(H,19,20). The Kier molecular flexibility index (Phi) is 4.18. The topological polar surface area (TPSA) is 60.5 Å². The predicted molar refractivity (Wildman–Crippen MR) is 77.4 cm³/mol. The van der Waals surface area contributed by atoms with Crippen molar-refractivity contribution >= 4 is 5.91 Å². The molecule has 1 aliphatic rings. The summed E-state index contributed by atoms with van der Waals surface area (Å²) in [6, 6.07) is 6.67. The Labute approximate surface area is 127 Å².